The fraction of sp³-hybridized carbons (Fsp3) is 0.250. The summed E-state index contributed by atoms with van der Waals surface area (Å²) in [4.78, 5) is 40.9. The zero-order valence-electron chi connectivity index (χ0n) is 25.3. The second-order valence-corrected chi connectivity index (χ2v) is 11.1. The third-order valence-electron chi connectivity index (χ3n) is 7.72. The summed E-state index contributed by atoms with van der Waals surface area (Å²) in [6.45, 7) is 8.98. The van der Waals surface area contributed by atoms with Crippen LogP contribution in [0.3, 0.4) is 0 Å². The van der Waals surface area contributed by atoms with Gasteiger partial charge in [0.15, 0.2) is 5.82 Å². The van der Waals surface area contributed by atoms with Gasteiger partial charge in [0.2, 0.25) is 0 Å². The van der Waals surface area contributed by atoms with Crippen molar-refractivity contribution in [2.45, 2.75) is 33.5 Å². The van der Waals surface area contributed by atoms with Crippen LogP contribution in [-0.4, -0.2) is 53.8 Å². The number of hydrogen-bond acceptors (Lipinski definition) is 9. The van der Waals surface area contributed by atoms with Gasteiger partial charge in [-0.05, 0) is 43.8 Å². The second kappa shape index (κ2) is 11.6. The first-order valence-electron chi connectivity index (χ1n) is 14.2. The third kappa shape index (κ3) is 5.65. The van der Waals surface area contributed by atoms with Gasteiger partial charge >= 0.3 is 5.97 Å². The smallest absolute Gasteiger partial charge is 0.302 e. The predicted molar refractivity (Wildman–Crippen MR) is 168 cm³/mol. The van der Waals surface area contributed by atoms with Crippen molar-refractivity contribution in [1.82, 2.24) is 34.2 Å². The zero-order valence-corrected chi connectivity index (χ0v) is 25.3. The van der Waals surface area contributed by atoms with E-state index < -0.39 is 17.3 Å². The lowest BCUT2D eigenvalue weighted by Gasteiger charge is -2.22. The molecule has 6 rings (SSSR count). The fourth-order valence-corrected chi connectivity index (χ4v) is 5.42. The van der Waals surface area contributed by atoms with E-state index in [0.29, 0.717) is 39.2 Å². The number of nitrogens with zero attached hydrogens (tertiary/aromatic N) is 7. The van der Waals surface area contributed by atoms with Crippen molar-refractivity contribution >= 4 is 33.8 Å². The van der Waals surface area contributed by atoms with E-state index in [1.807, 2.05) is 17.8 Å². The summed E-state index contributed by atoms with van der Waals surface area (Å²) in [5.41, 5.74) is 2.88. The van der Waals surface area contributed by atoms with Gasteiger partial charge in [-0.15, -0.1) is 0 Å². The van der Waals surface area contributed by atoms with Crippen LogP contribution >= 0.6 is 0 Å². The summed E-state index contributed by atoms with van der Waals surface area (Å²) >= 11 is 0. The van der Waals surface area contributed by atoms with Crippen LogP contribution in [0.15, 0.2) is 64.8 Å². The molecule has 4 heterocycles. The van der Waals surface area contributed by atoms with Crippen molar-refractivity contribution in [3.8, 4) is 16.9 Å². The van der Waals surface area contributed by atoms with Crippen molar-refractivity contribution in [2.24, 2.45) is 7.05 Å². The van der Waals surface area contributed by atoms with Crippen molar-refractivity contribution in [3.05, 3.63) is 98.6 Å². The van der Waals surface area contributed by atoms with Crippen molar-refractivity contribution in [2.75, 3.05) is 18.9 Å². The quantitative estimate of drug-likeness (QED) is 0.274. The number of likely N-dealkylation sites (N-methyl/N-ethyl adjacent to an activating group) is 1. The first kappa shape index (κ1) is 29.6. The molecule has 0 atom stereocenters. The summed E-state index contributed by atoms with van der Waals surface area (Å²) in [5, 5.41) is 16.7. The summed E-state index contributed by atoms with van der Waals surface area (Å²) in [5.74, 6) is -0.724. The molecule has 0 aliphatic carbocycles. The largest absolute Gasteiger partial charge is 0.461 e. The van der Waals surface area contributed by atoms with Gasteiger partial charge < -0.3 is 10.1 Å². The number of hydrogen-bond donors (Lipinski definition) is 1. The van der Waals surface area contributed by atoms with Crippen LogP contribution < -0.4 is 16.4 Å². The first-order valence-corrected chi connectivity index (χ1v) is 14.2. The van der Waals surface area contributed by atoms with Crippen LogP contribution in [0.4, 0.5) is 15.9 Å². The van der Waals surface area contributed by atoms with E-state index in [0.717, 1.165) is 30.0 Å². The Morgan fingerprint density at radius 2 is 1.87 bits per heavy atom. The minimum Gasteiger partial charge on any atom is -0.461 e. The number of aromatic nitrogens is 6. The zero-order chi connectivity index (χ0) is 32.0. The van der Waals surface area contributed by atoms with Gasteiger partial charge in [-0.3, -0.25) is 24.0 Å². The van der Waals surface area contributed by atoms with Crippen LogP contribution in [0.5, 0.6) is 0 Å². The van der Waals surface area contributed by atoms with E-state index in [9.17, 15) is 14.4 Å². The summed E-state index contributed by atoms with van der Waals surface area (Å²) in [6.07, 6.45) is 1.41. The molecule has 45 heavy (non-hydrogen) atoms. The average molecular weight is 611 g/mol. The molecule has 0 radical (unpaired) electrons. The molecule has 12 nitrogen and oxygen atoms in total. The summed E-state index contributed by atoms with van der Waals surface area (Å²) in [6, 6.07) is 11.4. The number of esters is 1. The molecule has 3 aromatic heterocycles. The Morgan fingerprint density at radius 1 is 1.07 bits per heavy atom. The molecular weight excluding hydrogens is 579 g/mol. The topological polar surface area (TPSA) is 129 Å². The number of aryl methyl sites for hydroxylation is 1. The third-order valence-corrected chi connectivity index (χ3v) is 7.72. The minimum absolute atomic E-state index is 0.139. The standard InChI is InChI=1S/C32H31FN8O4/c1-18(2)20-11-21-15-34-41(32(44)30(21)25(33)12-20)28-8-6-7-23(24(28)17-45-19(3)42)26-14-27(31(43)39(5)36-26)35-29-13-22-16-38(4)9-10-40(22)37-29/h6-8,11-15H,1,9-10,16-17H2,2-5H3,(H,35,37). The van der Waals surface area contributed by atoms with Crippen LogP contribution in [0.25, 0.3) is 33.3 Å². The maximum absolute atomic E-state index is 15.3. The van der Waals surface area contributed by atoms with Crippen LogP contribution in [-0.2, 0) is 36.3 Å². The number of ether oxygens (including phenoxy) is 1. The number of allylic oxidation sites excluding steroid dienone is 1. The van der Waals surface area contributed by atoms with E-state index in [-0.39, 0.29) is 28.9 Å². The Morgan fingerprint density at radius 3 is 2.62 bits per heavy atom. The Hall–Kier alpha value is -5.43. The van der Waals surface area contributed by atoms with Crippen LogP contribution in [0.1, 0.15) is 30.7 Å². The van der Waals surface area contributed by atoms with E-state index in [2.05, 4.69) is 32.1 Å². The lowest BCUT2D eigenvalue weighted by Crippen LogP contribution is -2.30. The predicted octanol–water partition coefficient (Wildman–Crippen LogP) is 3.77. The Bertz CT molecular complexity index is 2130. The van der Waals surface area contributed by atoms with Crippen LogP contribution in [0, 0.1) is 5.82 Å². The highest BCUT2D eigenvalue weighted by Crippen LogP contribution is 2.30. The molecule has 230 valence electrons. The number of rotatable bonds is 7. The highest BCUT2D eigenvalue weighted by Gasteiger charge is 2.21. The average Bonchev–Trinajstić information content (AvgIpc) is 3.39. The molecule has 0 amide bonds. The van der Waals surface area contributed by atoms with Gasteiger partial charge in [-0.25, -0.2) is 9.07 Å². The van der Waals surface area contributed by atoms with Crippen molar-refractivity contribution < 1.29 is 13.9 Å². The van der Waals surface area contributed by atoms with Gasteiger partial charge in [0, 0.05) is 49.6 Å². The van der Waals surface area contributed by atoms with Gasteiger partial charge in [-0.2, -0.15) is 20.0 Å². The summed E-state index contributed by atoms with van der Waals surface area (Å²) in [7, 11) is 3.56. The lowest BCUT2D eigenvalue weighted by molar-refractivity contribution is -0.142. The van der Waals surface area contributed by atoms with E-state index in [4.69, 9.17) is 4.74 Å². The maximum atomic E-state index is 15.3. The van der Waals surface area contributed by atoms with E-state index in [1.54, 1.807) is 37.3 Å². The van der Waals surface area contributed by atoms with Gasteiger partial charge in [0.1, 0.15) is 18.1 Å². The molecular formula is C32H31FN8O4. The monoisotopic (exact) mass is 610 g/mol. The normalized spacial score (nSPS) is 13.1. The first-order chi connectivity index (χ1) is 21.5. The molecule has 1 aliphatic heterocycles. The number of carbonyl (C=O) groups is 1. The summed E-state index contributed by atoms with van der Waals surface area (Å²) < 4.78 is 24.8. The molecule has 0 unspecified atom stereocenters. The Kier molecular flexibility index (Phi) is 7.62. The van der Waals surface area contributed by atoms with Crippen molar-refractivity contribution in [3.63, 3.8) is 0 Å². The molecule has 5 aromatic rings. The minimum atomic E-state index is -0.701. The van der Waals surface area contributed by atoms with E-state index >= 15 is 4.39 Å². The Labute approximate surface area is 257 Å². The number of nitrogens with one attached hydrogen (secondary N) is 1. The van der Waals surface area contributed by atoms with Gasteiger partial charge in [0.25, 0.3) is 11.1 Å². The molecule has 0 bridgehead atoms. The maximum Gasteiger partial charge on any atom is 0.302 e. The Balaban J connectivity index is 1.48. The molecule has 0 fully saturated rings. The number of anilines is 2. The molecule has 1 N–H and O–H groups in total. The molecule has 13 heteroatoms. The molecule has 0 saturated heterocycles. The highest BCUT2D eigenvalue weighted by atomic mass is 19.1. The van der Waals surface area contributed by atoms with Crippen LogP contribution in [0.2, 0.25) is 0 Å². The lowest BCUT2D eigenvalue weighted by atomic mass is 10.0. The number of benzene rings is 2. The SMILES string of the molecule is C=C(C)c1cc(F)c2c(=O)n(-c3cccc(-c4cc(Nc5cc6n(n5)CCN(C)C6)c(=O)n(C)n4)c3COC(C)=O)ncc2c1. The van der Waals surface area contributed by atoms with E-state index in [1.165, 1.54) is 30.9 Å². The second-order valence-electron chi connectivity index (χ2n) is 11.1. The van der Waals surface area contributed by atoms with Gasteiger partial charge in [-0.1, -0.05) is 24.3 Å². The van der Waals surface area contributed by atoms with Gasteiger partial charge in [0.05, 0.1) is 35.2 Å². The number of carbonyl (C=O) groups excluding carboxylic acids is 1. The molecule has 1 aliphatic rings. The highest BCUT2D eigenvalue weighted by molar-refractivity contribution is 5.85. The van der Waals surface area contributed by atoms with Crippen molar-refractivity contribution in [1.29, 1.82) is 0 Å². The number of halogens is 1. The fourth-order valence-electron chi connectivity index (χ4n) is 5.42. The molecule has 0 saturated carbocycles. The molecule has 0 spiro atoms. The molecule has 2 aromatic carbocycles. The number of fused-ring (bicyclic) bond motifs is 2.